The van der Waals surface area contributed by atoms with Crippen LogP contribution in [0.25, 0.3) is 0 Å². The molecule has 21 heavy (non-hydrogen) atoms. The molecule has 0 bridgehead atoms. The van der Waals surface area contributed by atoms with Crippen molar-refractivity contribution in [2.75, 3.05) is 6.61 Å². The molecule has 0 aromatic carbocycles. The fourth-order valence-electron chi connectivity index (χ4n) is 2.03. The number of aliphatic hydroxyl groups is 2. The van der Waals surface area contributed by atoms with E-state index in [2.05, 4.69) is 0 Å². The first-order valence-corrected chi connectivity index (χ1v) is 7.74. The van der Waals surface area contributed by atoms with Crippen LogP contribution < -0.4 is 0 Å². The Morgan fingerprint density at radius 3 is 2.24 bits per heavy atom. The molecule has 0 aliphatic heterocycles. The van der Waals surface area contributed by atoms with Gasteiger partial charge in [0.05, 0.1) is 24.2 Å². The zero-order valence-electron chi connectivity index (χ0n) is 13.9. The van der Waals surface area contributed by atoms with Crippen molar-refractivity contribution in [2.45, 2.75) is 72.5 Å². The minimum Gasteiger partial charge on any atom is -0.465 e. The van der Waals surface area contributed by atoms with Crippen LogP contribution in [0.4, 0.5) is 0 Å². The van der Waals surface area contributed by atoms with E-state index in [-0.39, 0.29) is 18.1 Å². The lowest BCUT2D eigenvalue weighted by molar-refractivity contribution is -0.169. The highest BCUT2D eigenvalue weighted by atomic mass is 16.5. The van der Waals surface area contributed by atoms with Crippen molar-refractivity contribution in [3.8, 4) is 0 Å². The van der Waals surface area contributed by atoms with Gasteiger partial charge in [0.1, 0.15) is 5.78 Å². The fourth-order valence-corrected chi connectivity index (χ4v) is 2.03. The van der Waals surface area contributed by atoms with Gasteiger partial charge in [-0.05, 0) is 33.1 Å². The van der Waals surface area contributed by atoms with E-state index in [0.29, 0.717) is 13.0 Å². The summed E-state index contributed by atoms with van der Waals surface area (Å²) in [5, 5.41) is 20.4. The Kier molecular flexibility index (Phi) is 8.74. The molecule has 0 spiro atoms. The summed E-state index contributed by atoms with van der Waals surface area (Å²) >= 11 is 0. The third-order valence-corrected chi connectivity index (χ3v) is 4.24. The Bertz CT molecular complexity index is 342. The second-order valence-corrected chi connectivity index (χ2v) is 6.02. The quantitative estimate of drug-likeness (QED) is 0.477. The second kappa shape index (κ2) is 9.15. The van der Waals surface area contributed by atoms with Gasteiger partial charge < -0.3 is 14.9 Å². The molecular formula is C16H30O5. The maximum absolute atomic E-state index is 12.2. The normalized spacial score (nSPS) is 18.4. The van der Waals surface area contributed by atoms with Gasteiger partial charge in [0.15, 0.2) is 0 Å². The summed E-state index contributed by atoms with van der Waals surface area (Å²) in [6.07, 6.45) is -0.215. The van der Waals surface area contributed by atoms with Gasteiger partial charge >= 0.3 is 5.97 Å². The first-order valence-electron chi connectivity index (χ1n) is 7.74. The van der Waals surface area contributed by atoms with E-state index >= 15 is 0 Å². The molecule has 0 aliphatic rings. The van der Waals surface area contributed by atoms with Gasteiger partial charge in [-0.25, -0.2) is 0 Å². The number of carbonyl (C=O) groups excluding carboxylic acids is 2. The molecule has 124 valence electrons. The van der Waals surface area contributed by atoms with Crippen LogP contribution in [0.15, 0.2) is 0 Å². The van der Waals surface area contributed by atoms with Crippen LogP contribution in [-0.4, -0.2) is 40.8 Å². The zero-order valence-corrected chi connectivity index (χ0v) is 13.9. The molecule has 0 aromatic rings. The van der Waals surface area contributed by atoms with Crippen LogP contribution >= 0.6 is 0 Å². The SMILES string of the molecule is CCCCOC(=O)C(C)(CC)C(O)C(O)CC(C)C(C)=O. The van der Waals surface area contributed by atoms with Crippen LogP contribution in [0.3, 0.4) is 0 Å². The van der Waals surface area contributed by atoms with Crippen molar-refractivity contribution in [1.29, 1.82) is 0 Å². The summed E-state index contributed by atoms with van der Waals surface area (Å²) in [4.78, 5) is 23.4. The predicted octanol–water partition coefficient (Wildman–Crippen LogP) is 2.08. The van der Waals surface area contributed by atoms with Crippen LogP contribution in [0.2, 0.25) is 0 Å². The molecule has 4 atom stereocenters. The topological polar surface area (TPSA) is 83.8 Å². The van der Waals surface area contributed by atoms with Crippen molar-refractivity contribution in [2.24, 2.45) is 11.3 Å². The monoisotopic (exact) mass is 302 g/mol. The summed E-state index contributed by atoms with van der Waals surface area (Å²) in [6, 6.07) is 0. The lowest BCUT2D eigenvalue weighted by Gasteiger charge is -2.34. The molecule has 0 amide bonds. The van der Waals surface area contributed by atoms with Crippen LogP contribution in [0, 0.1) is 11.3 Å². The molecule has 2 N–H and O–H groups in total. The van der Waals surface area contributed by atoms with Crippen molar-refractivity contribution in [3.05, 3.63) is 0 Å². The number of ketones is 1. The van der Waals surface area contributed by atoms with E-state index in [0.717, 1.165) is 12.8 Å². The Labute approximate surface area is 127 Å². The lowest BCUT2D eigenvalue weighted by atomic mass is 9.77. The number of esters is 1. The first kappa shape index (κ1) is 20.1. The van der Waals surface area contributed by atoms with Gasteiger partial charge in [-0.15, -0.1) is 0 Å². The maximum Gasteiger partial charge on any atom is 0.314 e. The Morgan fingerprint density at radius 2 is 1.81 bits per heavy atom. The number of unbranched alkanes of at least 4 members (excludes halogenated alkanes) is 1. The highest BCUT2D eigenvalue weighted by Crippen LogP contribution is 2.31. The summed E-state index contributed by atoms with van der Waals surface area (Å²) in [6.45, 7) is 8.81. The van der Waals surface area contributed by atoms with Crippen molar-refractivity contribution in [3.63, 3.8) is 0 Å². The summed E-state index contributed by atoms with van der Waals surface area (Å²) in [7, 11) is 0. The Balaban J connectivity index is 4.80. The van der Waals surface area contributed by atoms with Crippen LogP contribution in [0.1, 0.15) is 60.3 Å². The van der Waals surface area contributed by atoms with E-state index in [9.17, 15) is 19.8 Å². The van der Waals surface area contributed by atoms with E-state index in [1.165, 1.54) is 6.92 Å². The Morgan fingerprint density at radius 1 is 1.24 bits per heavy atom. The standard InChI is InChI=1S/C16H30O5/c1-6-8-9-21-15(20)16(5,7-2)14(19)13(18)10-11(3)12(4)17/h11,13-14,18-19H,6-10H2,1-5H3. The number of aliphatic hydroxyl groups excluding tert-OH is 2. The van der Waals surface area contributed by atoms with E-state index in [1.54, 1.807) is 20.8 Å². The maximum atomic E-state index is 12.2. The van der Waals surface area contributed by atoms with Crippen molar-refractivity contribution in [1.82, 2.24) is 0 Å². The van der Waals surface area contributed by atoms with Crippen LogP contribution in [0.5, 0.6) is 0 Å². The third kappa shape index (κ3) is 5.75. The minimum absolute atomic E-state index is 0.0510. The first-order chi connectivity index (χ1) is 9.70. The lowest BCUT2D eigenvalue weighted by Crippen LogP contribution is -2.48. The molecule has 0 radical (unpaired) electrons. The van der Waals surface area contributed by atoms with Gasteiger partial charge in [0, 0.05) is 5.92 Å². The predicted molar refractivity (Wildman–Crippen MR) is 80.7 cm³/mol. The van der Waals surface area contributed by atoms with E-state index in [1.807, 2.05) is 6.92 Å². The number of rotatable bonds is 10. The smallest absolute Gasteiger partial charge is 0.314 e. The average molecular weight is 302 g/mol. The van der Waals surface area contributed by atoms with Gasteiger partial charge in [0.2, 0.25) is 0 Å². The average Bonchev–Trinajstić information content (AvgIpc) is 2.45. The minimum atomic E-state index is -1.25. The molecular weight excluding hydrogens is 272 g/mol. The van der Waals surface area contributed by atoms with Gasteiger partial charge in [-0.2, -0.15) is 0 Å². The van der Waals surface area contributed by atoms with Crippen molar-refractivity contribution >= 4 is 11.8 Å². The van der Waals surface area contributed by atoms with Crippen LogP contribution in [-0.2, 0) is 14.3 Å². The summed E-state index contributed by atoms with van der Waals surface area (Å²) < 4.78 is 5.19. The molecule has 0 saturated carbocycles. The molecule has 5 nitrogen and oxygen atoms in total. The molecule has 0 saturated heterocycles. The van der Waals surface area contributed by atoms with E-state index in [4.69, 9.17) is 4.74 Å². The van der Waals surface area contributed by atoms with E-state index < -0.39 is 23.6 Å². The zero-order chi connectivity index (χ0) is 16.6. The third-order valence-electron chi connectivity index (χ3n) is 4.24. The molecule has 0 fully saturated rings. The highest BCUT2D eigenvalue weighted by Gasteiger charge is 2.44. The largest absolute Gasteiger partial charge is 0.465 e. The molecule has 0 aliphatic carbocycles. The molecule has 5 heteroatoms. The number of Topliss-reactive ketones (excluding diaryl/α,β-unsaturated/α-hetero) is 1. The molecule has 0 rings (SSSR count). The fraction of sp³-hybridized carbons (Fsp3) is 0.875. The summed E-state index contributed by atoms with van der Waals surface area (Å²) in [5.41, 5.74) is -1.16. The number of hydrogen-bond donors (Lipinski definition) is 2. The molecule has 0 aromatic heterocycles. The number of hydrogen-bond acceptors (Lipinski definition) is 5. The number of carbonyl (C=O) groups is 2. The number of ether oxygens (including phenoxy) is 1. The van der Waals surface area contributed by atoms with Crippen molar-refractivity contribution < 1.29 is 24.5 Å². The second-order valence-electron chi connectivity index (χ2n) is 6.02. The van der Waals surface area contributed by atoms with Gasteiger partial charge in [-0.3, -0.25) is 9.59 Å². The highest BCUT2D eigenvalue weighted by molar-refractivity contribution is 5.78. The molecule has 0 heterocycles. The van der Waals surface area contributed by atoms with Gasteiger partial charge in [-0.1, -0.05) is 27.2 Å². The Hall–Kier alpha value is -0.940. The summed E-state index contributed by atoms with van der Waals surface area (Å²) in [5.74, 6) is -0.905. The molecule has 4 unspecified atom stereocenters. The van der Waals surface area contributed by atoms with Gasteiger partial charge in [0.25, 0.3) is 0 Å².